The molecule has 2 aromatic carbocycles. The minimum atomic E-state index is -3.82. The summed E-state index contributed by atoms with van der Waals surface area (Å²) in [6.07, 6.45) is 3.25. The summed E-state index contributed by atoms with van der Waals surface area (Å²) < 4.78 is 47.1. The van der Waals surface area contributed by atoms with Crippen molar-refractivity contribution in [2.24, 2.45) is 0 Å². The molecule has 7 heteroatoms. The molecule has 0 radical (unpaired) electrons. The first-order valence-corrected chi connectivity index (χ1v) is 10.3. The number of sulfonamides is 1. The van der Waals surface area contributed by atoms with Gasteiger partial charge in [0.25, 0.3) is 10.0 Å². The highest BCUT2D eigenvalue weighted by molar-refractivity contribution is 7.92. The molecule has 2 aromatic rings. The average molecular weight is 378 g/mol. The molecule has 1 fully saturated rings. The van der Waals surface area contributed by atoms with Crippen LogP contribution in [0.1, 0.15) is 26.2 Å². The molecule has 0 unspecified atom stereocenters. The Morgan fingerprint density at radius 1 is 1.08 bits per heavy atom. The number of halogens is 1. The molecule has 1 saturated heterocycles. The molecule has 0 bridgehead atoms. The Morgan fingerprint density at radius 3 is 2.42 bits per heavy atom. The number of hydrogen-bond acceptors (Lipinski definition) is 4. The van der Waals surface area contributed by atoms with Gasteiger partial charge in [0.1, 0.15) is 11.6 Å². The van der Waals surface area contributed by atoms with Gasteiger partial charge < -0.3 is 9.64 Å². The number of nitrogens with one attached hydrogen (secondary N) is 1. The van der Waals surface area contributed by atoms with Crippen LogP contribution < -0.4 is 14.4 Å². The fourth-order valence-corrected chi connectivity index (χ4v) is 4.15. The molecule has 1 N–H and O–H groups in total. The number of nitrogens with zero attached hydrogens (tertiary/aromatic N) is 1. The van der Waals surface area contributed by atoms with E-state index >= 15 is 0 Å². The zero-order chi connectivity index (χ0) is 18.6. The first-order chi connectivity index (χ1) is 12.5. The van der Waals surface area contributed by atoms with Gasteiger partial charge in [-0.2, -0.15) is 0 Å². The predicted molar refractivity (Wildman–Crippen MR) is 101 cm³/mol. The summed E-state index contributed by atoms with van der Waals surface area (Å²) in [5.74, 6) is 0.126. The van der Waals surface area contributed by atoms with Crippen molar-refractivity contribution in [3.8, 4) is 5.75 Å². The Balaban J connectivity index is 1.87. The summed E-state index contributed by atoms with van der Waals surface area (Å²) in [7, 11) is -3.82. The molecule has 0 amide bonds. The van der Waals surface area contributed by atoms with Gasteiger partial charge in [-0.15, -0.1) is 0 Å². The zero-order valence-electron chi connectivity index (χ0n) is 14.7. The first-order valence-electron chi connectivity index (χ1n) is 8.80. The van der Waals surface area contributed by atoms with Gasteiger partial charge in [-0.1, -0.05) is 0 Å². The normalized spacial score (nSPS) is 14.9. The monoisotopic (exact) mass is 378 g/mol. The molecule has 0 spiro atoms. The van der Waals surface area contributed by atoms with Crippen LogP contribution in [0.5, 0.6) is 5.75 Å². The maximum Gasteiger partial charge on any atom is 0.261 e. The van der Waals surface area contributed by atoms with E-state index in [1.165, 1.54) is 24.3 Å². The molecular formula is C19H23FN2O3S. The van der Waals surface area contributed by atoms with Crippen LogP contribution in [0.4, 0.5) is 15.8 Å². The van der Waals surface area contributed by atoms with Crippen molar-refractivity contribution in [3.63, 3.8) is 0 Å². The molecule has 1 aliphatic rings. The maximum absolute atomic E-state index is 13.8. The average Bonchev–Trinajstić information content (AvgIpc) is 2.63. The minimum Gasteiger partial charge on any atom is -0.494 e. The lowest BCUT2D eigenvalue weighted by Gasteiger charge is -2.30. The predicted octanol–water partition coefficient (Wildman–Crippen LogP) is 4.02. The molecule has 0 atom stereocenters. The number of piperidine rings is 1. The van der Waals surface area contributed by atoms with Gasteiger partial charge in [-0.3, -0.25) is 4.72 Å². The minimum absolute atomic E-state index is 0.106. The maximum atomic E-state index is 13.8. The fraction of sp³-hybridized carbons (Fsp3) is 0.368. The summed E-state index contributed by atoms with van der Waals surface area (Å²) in [5, 5.41) is 0. The molecule has 140 valence electrons. The standard InChI is InChI=1S/C19H23FN2O3S/c1-2-25-16-7-9-17(10-8-16)26(23,24)21-18-14-15(20)6-11-19(18)22-12-4-3-5-13-22/h6-11,14,21H,2-5,12-13H2,1H3. The second-order valence-electron chi connectivity index (χ2n) is 6.22. The third-order valence-corrected chi connectivity index (χ3v) is 5.73. The van der Waals surface area contributed by atoms with Crippen molar-refractivity contribution in [3.05, 3.63) is 48.3 Å². The van der Waals surface area contributed by atoms with E-state index < -0.39 is 15.8 Å². The number of rotatable bonds is 6. The topological polar surface area (TPSA) is 58.6 Å². The second kappa shape index (κ2) is 7.95. The van der Waals surface area contributed by atoms with E-state index in [1.54, 1.807) is 18.2 Å². The van der Waals surface area contributed by atoms with E-state index in [0.717, 1.165) is 32.4 Å². The number of benzene rings is 2. The Hall–Kier alpha value is -2.28. The van der Waals surface area contributed by atoms with Crippen LogP contribution in [0.15, 0.2) is 47.4 Å². The lowest BCUT2D eigenvalue weighted by atomic mass is 10.1. The molecular weight excluding hydrogens is 355 g/mol. The molecule has 1 heterocycles. The molecule has 0 aliphatic carbocycles. The Bertz CT molecular complexity index is 848. The Labute approximate surface area is 153 Å². The van der Waals surface area contributed by atoms with Gasteiger partial charge in [0.05, 0.1) is 22.9 Å². The van der Waals surface area contributed by atoms with Gasteiger partial charge >= 0.3 is 0 Å². The summed E-state index contributed by atoms with van der Waals surface area (Å²) in [4.78, 5) is 2.20. The SMILES string of the molecule is CCOc1ccc(S(=O)(=O)Nc2cc(F)ccc2N2CCCCC2)cc1. The third-order valence-electron chi connectivity index (χ3n) is 4.34. The van der Waals surface area contributed by atoms with Gasteiger partial charge in [0.2, 0.25) is 0 Å². The first kappa shape index (κ1) is 18.5. The third kappa shape index (κ3) is 4.27. The molecule has 5 nitrogen and oxygen atoms in total. The highest BCUT2D eigenvalue weighted by atomic mass is 32.2. The lowest BCUT2D eigenvalue weighted by molar-refractivity contribution is 0.340. The van der Waals surface area contributed by atoms with Crippen molar-refractivity contribution < 1.29 is 17.5 Å². The summed E-state index contributed by atoms with van der Waals surface area (Å²) in [5.41, 5.74) is 0.974. The van der Waals surface area contributed by atoms with E-state index in [4.69, 9.17) is 4.74 Å². The molecule has 3 rings (SSSR count). The summed E-state index contributed by atoms with van der Waals surface area (Å²) in [6.45, 7) is 4.04. The van der Waals surface area contributed by atoms with Crippen LogP contribution in [-0.2, 0) is 10.0 Å². The number of ether oxygens (including phenoxy) is 1. The van der Waals surface area contributed by atoms with Crippen molar-refractivity contribution in [2.45, 2.75) is 31.1 Å². The van der Waals surface area contributed by atoms with Crippen LogP contribution in [0.2, 0.25) is 0 Å². The summed E-state index contributed by atoms with van der Waals surface area (Å²) in [6, 6.07) is 10.4. The highest BCUT2D eigenvalue weighted by Crippen LogP contribution is 2.31. The van der Waals surface area contributed by atoms with E-state index in [9.17, 15) is 12.8 Å². The van der Waals surface area contributed by atoms with E-state index in [-0.39, 0.29) is 10.6 Å². The second-order valence-corrected chi connectivity index (χ2v) is 7.90. The van der Waals surface area contributed by atoms with E-state index in [2.05, 4.69) is 9.62 Å². The van der Waals surface area contributed by atoms with E-state index in [1.807, 2.05) is 6.92 Å². The van der Waals surface area contributed by atoms with Crippen LogP contribution in [0, 0.1) is 5.82 Å². The lowest BCUT2D eigenvalue weighted by Crippen LogP contribution is -2.30. The van der Waals surface area contributed by atoms with Crippen LogP contribution in [0.3, 0.4) is 0 Å². The van der Waals surface area contributed by atoms with Gasteiger partial charge in [-0.25, -0.2) is 12.8 Å². The smallest absolute Gasteiger partial charge is 0.261 e. The molecule has 0 aromatic heterocycles. The van der Waals surface area contributed by atoms with Gasteiger partial charge in [0.15, 0.2) is 0 Å². The quantitative estimate of drug-likeness (QED) is 0.825. The highest BCUT2D eigenvalue weighted by Gasteiger charge is 2.20. The molecule has 26 heavy (non-hydrogen) atoms. The number of hydrogen-bond donors (Lipinski definition) is 1. The molecule has 1 aliphatic heterocycles. The van der Waals surface area contributed by atoms with Crippen LogP contribution in [-0.4, -0.2) is 28.1 Å². The Morgan fingerprint density at radius 2 is 1.77 bits per heavy atom. The van der Waals surface area contributed by atoms with Crippen LogP contribution in [0.25, 0.3) is 0 Å². The van der Waals surface area contributed by atoms with Crippen molar-refractivity contribution in [2.75, 3.05) is 29.3 Å². The summed E-state index contributed by atoms with van der Waals surface area (Å²) >= 11 is 0. The van der Waals surface area contributed by atoms with Gasteiger partial charge in [0, 0.05) is 19.2 Å². The van der Waals surface area contributed by atoms with Crippen molar-refractivity contribution in [1.82, 2.24) is 0 Å². The van der Waals surface area contributed by atoms with Crippen molar-refractivity contribution in [1.29, 1.82) is 0 Å². The fourth-order valence-electron chi connectivity index (χ4n) is 3.09. The number of anilines is 2. The Kier molecular flexibility index (Phi) is 5.66. The van der Waals surface area contributed by atoms with Gasteiger partial charge in [-0.05, 0) is 62.6 Å². The van der Waals surface area contributed by atoms with Crippen LogP contribution >= 0.6 is 0 Å². The largest absolute Gasteiger partial charge is 0.494 e. The van der Waals surface area contributed by atoms with E-state index in [0.29, 0.717) is 18.0 Å². The van der Waals surface area contributed by atoms with Crippen molar-refractivity contribution >= 4 is 21.4 Å². The molecule has 0 saturated carbocycles. The zero-order valence-corrected chi connectivity index (χ0v) is 15.6.